The van der Waals surface area contributed by atoms with Crippen molar-refractivity contribution in [1.29, 1.82) is 0 Å². The Bertz CT molecular complexity index is 276. The number of hydrogen-bond acceptors (Lipinski definition) is 0. The quantitative estimate of drug-likeness (QED) is 0.529. The van der Waals surface area contributed by atoms with Crippen LogP contribution in [0, 0.1) is 11.8 Å². The molecular weight excluding hydrogens is 156 g/mol. The summed E-state index contributed by atoms with van der Waals surface area (Å²) in [5, 5.41) is 0. The molecule has 0 spiro atoms. The van der Waals surface area contributed by atoms with Crippen LogP contribution >= 0.6 is 0 Å². The van der Waals surface area contributed by atoms with Crippen molar-refractivity contribution in [3.05, 3.63) is 35.5 Å². The van der Waals surface area contributed by atoms with Crippen molar-refractivity contribution in [2.45, 2.75) is 33.1 Å². The molecule has 0 fully saturated rings. The highest BCUT2D eigenvalue weighted by Gasteiger charge is 2.18. The molecule has 0 saturated heterocycles. The molecule has 13 heavy (non-hydrogen) atoms. The third-order valence-corrected chi connectivity index (χ3v) is 3.07. The number of hydrogen-bond donors (Lipinski definition) is 0. The maximum Gasteiger partial charge on any atom is 0.00148 e. The van der Waals surface area contributed by atoms with E-state index in [1.54, 1.807) is 11.1 Å². The Balaban J connectivity index is 2.20. The third kappa shape index (κ3) is 1.77. The van der Waals surface area contributed by atoms with Crippen molar-refractivity contribution in [3.63, 3.8) is 0 Å². The van der Waals surface area contributed by atoms with Crippen LogP contribution in [0.15, 0.2) is 35.5 Å². The van der Waals surface area contributed by atoms with Crippen LogP contribution in [0.25, 0.3) is 0 Å². The summed E-state index contributed by atoms with van der Waals surface area (Å²) in [4.78, 5) is 0. The van der Waals surface area contributed by atoms with Gasteiger partial charge in [0, 0.05) is 5.92 Å². The molecule has 0 amide bonds. The van der Waals surface area contributed by atoms with Gasteiger partial charge in [-0.25, -0.2) is 0 Å². The number of allylic oxidation sites excluding steroid dienone is 6. The van der Waals surface area contributed by atoms with E-state index in [1.807, 2.05) is 0 Å². The van der Waals surface area contributed by atoms with Crippen LogP contribution in [0.3, 0.4) is 0 Å². The van der Waals surface area contributed by atoms with Crippen LogP contribution in [0.4, 0.5) is 0 Å². The van der Waals surface area contributed by atoms with Crippen molar-refractivity contribution in [3.8, 4) is 0 Å². The summed E-state index contributed by atoms with van der Waals surface area (Å²) < 4.78 is 0. The molecule has 0 radical (unpaired) electrons. The molecule has 0 aromatic rings. The standard InChI is InChI=1S/C13H18/c1-10(2)12-8-7-11-5-3-4-6-13(11)9-12/h3,5,8-11H,4,6-7H2,1-2H3. The van der Waals surface area contributed by atoms with Gasteiger partial charge in [0.1, 0.15) is 0 Å². The van der Waals surface area contributed by atoms with Crippen molar-refractivity contribution in [1.82, 2.24) is 0 Å². The van der Waals surface area contributed by atoms with E-state index in [0.717, 1.165) is 5.92 Å². The molecule has 0 aromatic heterocycles. The Hall–Kier alpha value is -0.780. The van der Waals surface area contributed by atoms with Crippen LogP contribution in [0.2, 0.25) is 0 Å². The van der Waals surface area contributed by atoms with Crippen molar-refractivity contribution < 1.29 is 0 Å². The summed E-state index contributed by atoms with van der Waals surface area (Å²) in [7, 11) is 0. The molecule has 0 heteroatoms. The molecule has 0 aliphatic heterocycles. The van der Waals surface area contributed by atoms with Crippen molar-refractivity contribution in [2.24, 2.45) is 11.8 Å². The molecular formula is C13H18. The first kappa shape index (κ1) is 8.80. The minimum absolute atomic E-state index is 0.694. The van der Waals surface area contributed by atoms with Crippen LogP contribution in [-0.2, 0) is 0 Å². The van der Waals surface area contributed by atoms with Crippen molar-refractivity contribution in [2.75, 3.05) is 0 Å². The Morgan fingerprint density at radius 1 is 1.38 bits per heavy atom. The number of rotatable bonds is 1. The van der Waals surface area contributed by atoms with Gasteiger partial charge in [0.15, 0.2) is 0 Å². The maximum absolute atomic E-state index is 2.43. The van der Waals surface area contributed by atoms with Gasteiger partial charge in [-0.2, -0.15) is 0 Å². The Kier molecular flexibility index (Phi) is 2.39. The van der Waals surface area contributed by atoms with E-state index in [-0.39, 0.29) is 0 Å². The summed E-state index contributed by atoms with van der Waals surface area (Å²) in [5.74, 6) is 1.43. The zero-order valence-electron chi connectivity index (χ0n) is 8.59. The lowest BCUT2D eigenvalue weighted by Gasteiger charge is -2.25. The molecule has 0 nitrogen and oxygen atoms in total. The lowest BCUT2D eigenvalue weighted by molar-refractivity contribution is 0.658. The highest BCUT2D eigenvalue weighted by Crippen LogP contribution is 2.33. The van der Waals surface area contributed by atoms with E-state index in [9.17, 15) is 0 Å². The lowest BCUT2D eigenvalue weighted by Crippen LogP contribution is -2.10. The van der Waals surface area contributed by atoms with Crippen LogP contribution in [0.5, 0.6) is 0 Å². The smallest absolute Gasteiger partial charge is 0.00148 e. The van der Waals surface area contributed by atoms with Gasteiger partial charge in [-0.1, -0.05) is 43.7 Å². The highest BCUT2D eigenvalue weighted by molar-refractivity contribution is 5.34. The van der Waals surface area contributed by atoms with E-state index in [1.165, 1.54) is 19.3 Å². The summed E-state index contributed by atoms with van der Waals surface area (Å²) in [5.41, 5.74) is 3.20. The minimum atomic E-state index is 0.694. The molecule has 0 aromatic carbocycles. The Morgan fingerprint density at radius 2 is 2.23 bits per heavy atom. The van der Waals surface area contributed by atoms with Gasteiger partial charge in [0.25, 0.3) is 0 Å². The normalized spacial score (nSPS) is 26.8. The second kappa shape index (κ2) is 3.53. The fraction of sp³-hybridized carbons (Fsp3) is 0.538. The van der Waals surface area contributed by atoms with E-state index < -0.39 is 0 Å². The SMILES string of the molecule is CC(C)C1=CCC2C=CCCC2=C1. The Morgan fingerprint density at radius 3 is 3.00 bits per heavy atom. The lowest BCUT2D eigenvalue weighted by atomic mass is 9.80. The fourth-order valence-corrected chi connectivity index (χ4v) is 2.17. The monoisotopic (exact) mass is 174 g/mol. The zero-order chi connectivity index (χ0) is 9.26. The number of fused-ring (bicyclic) bond motifs is 1. The average Bonchev–Trinajstić information content (AvgIpc) is 2.17. The van der Waals surface area contributed by atoms with Gasteiger partial charge in [-0.3, -0.25) is 0 Å². The first-order valence-electron chi connectivity index (χ1n) is 5.34. The van der Waals surface area contributed by atoms with Crippen LogP contribution in [-0.4, -0.2) is 0 Å². The summed E-state index contributed by atoms with van der Waals surface area (Å²) in [6.07, 6.45) is 13.3. The largest absolute Gasteiger partial charge is 0.0876 e. The topological polar surface area (TPSA) is 0 Å². The highest BCUT2D eigenvalue weighted by atomic mass is 14.2. The van der Waals surface area contributed by atoms with Gasteiger partial charge < -0.3 is 0 Å². The second-order valence-electron chi connectivity index (χ2n) is 4.39. The third-order valence-electron chi connectivity index (χ3n) is 3.07. The molecule has 0 heterocycles. The predicted molar refractivity (Wildman–Crippen MR) is 57.5 cm³/mol. The molecule has 0 N–H and O–H groups in total. The van der Waals surface area contributed by atoms with Gasteiger partial charge in [-0.05, 0) is 30.8 Å². The molecule has 0 bridgehead atoms. The van der Waals surface area contributed by atoms with Crippen LogP contribution < -0.4 is 0 Å². The van der Waals surface area contributed by atoms with Gasteiger partial charge in [0.05, 0.1) is 0 Å². The van der Waals surface area contributed by atoms with Gasteiger partial charge in [0.2, 0.25) is 0 Å². The molecule has 2 aliphatic rings. The van der Waals surface area contributed by atoms with Crippen molar-refractivity contribution >= 4 is 0 Å². The molecule has 1 unspecified atom stereocenters. The van der Waals surface area contributed by atoms with Gasteiger partial charge >= 0.3 is 0 Å². The fourth-order valence-electron chi connectivity index (χ4n) is 2.17. The summed E-state index contributed by atoms with van der Waals surface area (Å²) in [6.45, 7) is 4.56. The molecule has 0 saturated carbocycles. The predicted octanol–water partition coefficient (Wildman–Crippen LogP) is 3.87. The maximum atomic E-state index is 2.43. The Labute approximate surface area is 81.0 Å². The summed E-state index contributed by atoms with van der Waals surface area (Å²) >= 11 is 0. The molecule has 2 aliphatic carbocycles. The summed E-state index contributed by atoms with van der Waals surface area (Å²) in [6, 6.07) is 0. The first-order chi connectivity index (χ1) is 6.27. The van der Waals surface area contributed by atoms with E-state index in [4.69, 9.17) is 0 Å². The minimum Gasteiger partial charge on any atom is -0.0876 e. The second-order valence-corrected chi connectivity index (χ2v) is 4.39. The first-order valence-corrected chi connectivity index (χ1v) is 5.34. The molecule has 70 valence electrons. The van der Waals surface area contributed by atoms with E-state index >= 15 is 0 Å². The zero-order valence-corrected chi connectivity index (χ0v) is 8.59. The van der Waals surface area contributed by atoms with Crippen LogP contribution in [0.1, 0.15) is 33.1 Å². The van der Waals surface area contributed by atoms with Gasteiger partial charge in [-0.15, -0.1) is 0 Å². The van der Waals surface area contributed by atoms with E-state index in [0.29, 0.717) is 5.92 Å². The van der Waals surface area contributed by atoms with E-state index in [2.05, 4.69) is 38.2 Å². The average molecular weight is 174 g/mol. The molecule has 1 atom stereocenters. The molecule has 2 rings (SSSR count).